The normalized spacial score (nSPS) is 14.1. The molecule has 1 aliphatic rings. The second kappa shape index (κ2) is 4.83. The van der Waals surface area contributed by atoms with Crippen LogP contribution in [0.25, 0.3) is 0 Å². The fraction of sp³-hybridized carbons (Fsp3) is 0.214. The summed E-state index contributed by atoms with van der Waals surface area (Å²) in [5.41, 5.74) is -0.137. The molecule has 4 nitrogen and oxygen atoms in total. The van der Waals surface area contributed by atoms with Crippen molar-refractivity contribution in [3.8, 4) is 0 Å². The average Bonchev–Trinajstić information content (AvgIpc) is 2.89. The highest BCUT2D eigenvalue weighted by Gasteiger charge is 2.38. The third-order valence-corrected chi connectivity index (χ3v) is 3.33. The summed E-state index contributed by atoms with van der Waals surface area (Å²) in [6, 6.07) is 4.10. The summed E-state index contributed by atoms with van der Waals surface area (Å²) in [6.45, 7) is 0.339. The van der Waals surface area contributed by atoms with Crippen molar-refractivity contribution in [1.29, 1.82) is 0 Å². The predicted molar refractivity (Wildman–Crippen MR) is 68.9 cm³/mol. The number of rotatable bonds is 1. The third-order valence-electron chi connectivity index (χ3n) is 3.33. The van der Waals surface area contributed by atoms with Crippen LogP contribution in [0, 0.1) is 0 Å². The van der Waals surface area contributed by atoms with E-state index in [1.807, 2.05) is 0 Å². The minimum atomic E-state index is -4.66. The number of amides is 1. The van der Waals surface area contributed by atoms with Crippen LogP contribution in [0.3, 0.4) is 0 Å². The van der Waals surface area contributed by atoms with Gasteiger partial charge in [-0.25, -0.2) is 0 Å². The first-order valence-corrected chi connectivity index (χ1v) is 6.25. The number of nitrogens with zero attached hydrogens (tertiary/aromatic N) is 3. The summed E-state index contributed by atoms with van der Waals surface area (Å²) in [4.78, 5) is 21.0. The fourth-order valence-corrected chi connectivity index (χ4v) is 2.39. The molecule has 0 atom stereocenters. The number of alkyl halides is 3. The maximum atomic E-state index is 12.9. The van der Waals surface area contributed by atoms with Crippen LogP contribution in [0.1, 0.15) is 21.6 Å². The van der Waals surface area contributed by atoms with Crippen molar-refractivity contribution in [1.82, 2.24) is 9.97 Å². The number of carbonyl (C=O) groups is 1. The standard InChI is InChI=1S/C14H10F3N3O/c15-14(16,17)12-10(2-1-5-19-12)13(21)20-7-4-9-8-18-6-3-11(9)20/h1-3,5-6,8H,4,7H2. The zero-order chi connectivity index (χ0) is 15.0. The number of aromatic nitrogens is 2. The van der Waals surface area contributed by atoms with E-state index >= 15 is 0 Å². The van der Waals surface area contributed by atoms with E-state index in [9.17, 15) is 18.0 Å². The Morgan fingerprint density at radius 3 is 2.81 bits per heavy atom. The molecule has 0 aliphatic carbocycles. The second-order valence-corrected chi connectivity index (χ2v) is 4.61. The number of halogens is 3. The van der Waals surface area contributed by atoms with Gasteiger partial charge in [0.05, 0.1) is 11.3 Å². The fourth-order valence-electron chi connectivity index (χ4n) is 2.39. The zero-order valence-electron chi connectivity index (χ0n) is 10.8. The number of hydrogen-bond acceptors (Lipinski definition) is 3. The lowest BCUT2D eigenvalue weighted by atomic mass is 10.1. The molecule has 2 aromatic heterocycles. The predicted octanol–water partition coefficient (Wildman–Crippen LogP) is 2.70. The van der Waals surface area contributed by atoms with E-state index in [4.69, 9.17) is 0 Å². The molecule has 2 aromatic rings. The highest BCUT2D eigenvalue weighted by Crippen LogP contribution is 2.33. The van der Waals surface area contributed by atoms with Crippen LogP contribution >= 0.6 is 0 Å². The number of fused-ring (bicyclic) bond motifs is 1. The SMILES string of the molecule is O=C(c1cccnc1C(F)(F)F)N1CCc2cnccc21. The maximum absolute atomic E-state index is 12.9. The molecule has 3 heterocycles. The Balaban J connectivity index is 2.02. The lowest BCUT2D eigenvalue weighted by Gasteiger charge is -2.19. The molecule has 1 amide bonds. The molecule has 0 aromatic carbocycles. The molecular formula is C14H10F3N3O. The first-order chi connectivity index (χ1) is 9.98. The summed E-state index contributed by atoms with van der Waals surface area (Å²) in [6.07, 6.45) is 0.0832. The van der Waals surface area contributed by atoms with E-state index in [1.165, 1.54) is 17.2 Å². The molecule has 0 saturated carbocycles. The van der Waals surface area contributed by atoms with Gasteiger partial charge >= 0.3 is 6.18 Å². The molecule has 0 unspecified atom stereocenters. The van der Waals surface area contributed by atoms with Crippen molar-refractivity contribution in [2.75, 3.05) is 11.4 Å². The first kappa shape index (κ1) is 13.5. The molecule has 7 heteroatoms. The van der Waals surface area contributed by atoms with E-state index in [2.05, 4.69) is 9.97 Å². The molecule has 0 N–H and O–H groups in total. The molecule has 108 valence electrons. The topological polar surface area (TPSA) is 46.1 Å². The van der Waals surface area contributed by atoms with Gasteiger partial charge in [0, 0.05) is 25.1 Å². The minimum Gasteiger partial charge on any atom is -0.308 e. The smallest absolute Gasteiger partial charge is 0.308 e. The molecule has 0 saturated heterocycles. The van der Waals surface area contributed by atoms with Gasteiger partial charge in [-0.1, -0.05) is 0 Å². The highest BCUT2D eigenvalue weighted by molar-refractivity contribution is 6.08. The van der Waals surface area contributed by atoms with Crippen molar-refractivity contribution in [3.63, 3.8) is 0 Å². The lowest BCUT2D eigenvalue weighted by molar-refractivity contribution is -0.141. The van der Waals surface area contributed by atoms with E-state index in [1.54, 1.807) is 12.3 Å². The molecule has 21 heavy (non-hydrogen) atoms. The Kier molecular flexibility index (Phi) is 3.12. The summed E-state index contributed by atoms with van der Waals surface area (Å²) in [7, 11) is 0. The van der Waals surface area contributed by atoms with E-state index in [0.717, 1.165) is 17.8 Å². The van der Waals surface area contributed by atoms with Crippen molar-refractivity contribution >= 4 is 11.6 Å². The van der Waals surface area contributed by atoms with Crippen molar-refractivity contribution in [2.45, 2.75) is 12.6 Å². The summed E-state index contributed by atoms with van der Waals surface area (Å²) in [5, 5.41) is 0. The number of anilines is 1. The summed E-state index contributed by atoms with van der Waals surface area (Å²) >= 11 is 0. The Bertz CT molecular complexity index is 700. The van der Waals surface area contributed by atoms with Gasteiger partial charge in [0.2, 0.25) is 0 Å². The summed E-state index contributed by atoms with van der Waals surface area (Å²) in [5.74, 6) is -0.694. The van der Waals surface area contributed by atoms with Crippen LogP contribution < -0.4 is 4.90 Å². The quantitative estimate of drug-likeness (QED) is 0.812. The number of pyridine rings is 2. The van der Waals surface area contributed by atoms with Gasteiger partial charge in [0.1, 0.15) is 0 Å². The van der Waals surface area contributed by atoms with Gasteiger partial charge in [0.15, 0.2) is 5.69 Å². The highest BCUT2D eigenvalue weighted by atomic mass is 19.4. The van der Waals surface area contributed by atoms with Gasteiger partial charge in [-0.3, -0.25) is 14.8 Å². The maximum Gasteiger partial charge on any atom is 0.434 e. The van der Waals surface area contributed by atoms with Gasteiger partial charge in [-0.05, 0) is 30.2 Å². The van der Waals surface area contributed by atoms with Crippen molar-refractivity contribution in [3.05, 3.63) is 53.6 Å². The zero-order valence-corrected chi connectivity index (χ0v) is 10.8. The number of carbonyl (C=O) groups excluding carboxylic acids is 1. The van der Waals surface area contributed by atoms with Crippen LogP contribution in [0.15, 0.2) is 36.8 Å². The third kappa shape index (κ3) is 2.35. The Hall–Kier alpha value is -2.44. The Labute approximate surface area is 118 Å². The second-order valence-electron chi connectivity index (χ2n) is 4.61. The number of hydrogen-bond donors (Lipinski definition) is 0. The first-order valence-electron chi connectivity index (χ1n) is 6.25. The van der Waals surface area contributed by atoms with Crippen LogP contribution in [0.2, 0.25) is 0 Å². The molecular weight excluding hydrogens is 283 g/mol. The summed E-state index contributed by atoms with van der Waals surface area (Å²) < 4.78 is 38.8. The lowest BCUT2D eigenvalue weighted by Crippen LogP contribution is -2.31. The molecule has 0 bridgehead atoms. The van der Waals surface area contributed by atoms with Crippen LogP contribution in [-0.4, -0.2) is 22.4 Å². The molecule has 0 spiro atoms. The van der Waals surface area contributed by atoms with Gasteiger partial charge in [-0.15, -0.1) is 0 Å². The van der Waals surface area contributed by atoms with Crippen LogP contribution in [-0.2, 0) is 12.6 Å². The van der Waals surface area contributed by atoms with Crippen molar-refractivity contribution in [2.24, 2.45) is 0 Å². The van der Waals surface area contributed by atoms with E-state index in [0.29, 0.717) is 18.7 Å². The molecule has 0 fully saturated rings. The Morgan fingerprint density at radius 2 is 2.05 bits per heavy atom. The van der Waals surface area contributed by atoms with Gasteiger partial charge < -0.3 is 4.90 Å². The monoisotopic (exact) mass is 293 g/mol. The molecule has 1 aliphatic heterocycles. The van der Waals surface area contributed by atoms with E-state index < -0.39 is 23.3 Å². The minimum absolute atomic E-state index is 0.339. The van der Waals surface area contributed by atoms with Crippen molar-refractivity contribution < 1.29 is 18.0 Å². The van der Waals surface area contributed by atoms with Crippen LogP contribution in [0.5, 0.6) is 0 Å². The molecule has 0 radical (unpaired) electrons. The van der Waals surface area contributed by atoms with Gasteiger partial charge in [0.25, 0.3) is 5.91 Å². The average molecular weight is 293 g/mol. The Morgan fingerprint density at radius 1 is 1.24 bits per heavy atom. The molecule has 3 rings (SSSR count). The van der Waals surface area contributed by atoms with E-state index in [-0.39, 0.29) is 0 Å². The van der Waals surface area contributed by atoms with Gasteiger partial charge in [-0.2, -0.15) is 13.2 Å². The largest absolute Gasteiger partial charge is 0.434 e. The van der Waals surface area contributed by atoms with Crippen LogP contribution in [0.4, 0.5) is 18.9 Å².